The number of nitrogens with zero attached hydrogens (tertiary/aromatic N) is 1. The van der Waals surface area contributed by atoms with Crippen molar-refractivity contribution >= 4 is 41.2 Å². The minimum absolute atomic E-state index is 0.154. The topological polar surface area (TPSA) is 75.7 Å². The molecule has 0 radical (unpaired) electrons. The Hall–Kier alpha value is -3.90. The molecule has 0 spiro atoms. The maximum atomic E-state index is 13.1. The van der Waals surface area contributed by atoms with E-state index in [2.05, 4.69) is 37.4 Å². The predicted octanol–water partition coefficient (Wildman–Crippen LogP) is 5.22. The van der Waals surface area contributed by atoms with Crippen molar-refractivity contribution in [3.05, 3.63) is 99.1 Å². The van der Waals surface area contributed by atoms with Gasteiger partial charge in [0.1, 0.15) is 11.3 Å². The molecule has 7 heteroatoms. The maximum Gasteiger partial charge on any atom is 0.335 e. The summed E-state index contributed by atoms with van der Waals surface area (Å²) in [5.41, 5.74) is 5.29. The van der Waals surface area contributed by atoms with Crippen molar-refractivity contribution in [1.29, 1.82) is 0 Å². The standard InChI is InChI=1S/C27H23ClN2O4/c1-16-10-17(2)12-19(11-16)13-20-5-4-18(15-24(20)34-3)14-23-25(31)29-27(33)30(26(23)32)22-8-6-21(28)7-9-22/h4-12,14-15H,13H2,1-3H3,(H,29,31,33)/b23-14+. The molecule has 1 saturated heterocycles. The summed E-state index contributed by atoms with van der Waals surface area (Å²) in [4.78, 5) is 38.8. The van der Waals surface area contributed by atoms with Crippen LogP contribution in [0.4, 0.5) is 10.5 Å². The second-order valence-electron chi connectivity index (χ2n) is 8.18. The van der Waals surface area contributed by atoms with Gasteiger partial charge in [-0.05, 0) is 66.9 Å². The molecule has 0 bridgehead atoms. The molecule has 3 aromatic carbocycles. The van der Waals surface area contributed by atoms with Gasteiger partial charge in [-0.2, -0.15) is 0 Å². The van der Waals surface area contributed by atoms with E-state index >= 15 is 0 Å². The van der Waals surface area contributed by atoms with Gasteiger partial charge in [0.2, 0.25) is 0 Å². The number of imide groups is 2. The van der Waals surface area contributed by atoms with Crippen molar-refractivity contribution in [2.45, 2.75) is 20.3 Å². The van der Waals surface area contributed by atoms with Gasteiger partial charge in [0.05, 0.1) is 12.8 Å². The number of halogens is 1. The Morgan fingerprint density at radius 2 is 1.62 bits per heavy atom. The number of anilines is 1. The number of carbonyl (C=O) groups is 3. The van der Waals surface area contributed by atoms with Crippen LogP contribution in [0.3, 0.4) is 0 Å². The number of benzene rings is 3. The van der Waals surface area contributed by atoms with E-state index in [4.69, 9.17) is 16.3 Å². The average molecular weight is 475 g/mol. The molecule has 1 aliphatic heterocycles. The number of aryl methyl sites for hydroxylation is 2. The van der Waals surface area contributed by atoms with Crippen molar-refractivity contribution in [2.75, 3.05) is 12.0 Å². The van der Waals surface area contributed by atoms with Crippen LogP contribution in [0.5, 0.6) is 5.75 Å². The Balaban J connectivity index is 1.65. The number of carbonyl (C=O) groups excluding carboxylic acids is 3. The first-order chi connectivity index (χ1) is 16.2. The Labute approximate surface area is 202 Å². The van der Waals surface area contributed by atoms with Crippen molar-refractivity contribution in [3.8, 4) is 5.75 Å². The monoisotopic (exact) mass is 474 g/mol. The summed E-state index contributed by atoms with van der Waals surface area (Å²) in [5.74, 6) is -0.823. The number of hydrogen-bond donors (Lipinski definition) is 1. The third kappa shape index (κ3) is 4.87. The second-order valence-corrected chi connectivity index (χ2v) is 8.61. The molecular weight excluding hydrogens is 452 g/mol. The van der Waals surface area contributed by atoms with Crippen LogP contribution in [-0.4, -0.2) is 25.0 Å². The van der Waals surface area contributed by atoms with Gasteiger partial charge in [0.15, 0.2) is 0 Å². The molecule has 4 amide bonds. The lowest BCUT2D eigenvalue weighted by molar-refractivity contribution is -0.122. The highest BCUT2D eigenvalue weighted by Crippen LogP contribution is 2.27. The van der Waals surface area contributed by atoms with E-state index in [1.54, 1.807) is 25.3 Å². The van der Waals surface area contributed by atoms with Gasteiger partial charge in [-0.15, -0.1) is 0 Å². The van der Waals surface area contributed by atoms with Crippen molar-refractivity contribution in [3.63, 3.8) is 0 Å². The van der Waals surface area contributed by atoms with Crippen molar-refractivity contribution < 1.29 is 19.1 Å². The summed E-state index contributed by atoms with van der Waals surface area (Å²) in [6.45, 7) is 4.13. The fraction of sp³-hybridized carbons (Fsp3) is 0.148. The van der Waals surface area contributed by atoms with E-state index in [1.807, 2.05) is 12.1 Å². The van der Waals surface area contributed by atoms with E-state index in [0.717, 1.165) is 10.5 Å². The van der Waals surface area contributed by atoms with E-state index in [-0.39, 0.29) is 5.57 Å². The third-order valence-corrected chi connectivity index (χ3v) is 5.74. The third-order valence-electron chi connectivity index (χ3n) is 5.48. The second kappa shape index (κ2) is 9.53. The largest absolute Gasteiger partial charge is 0.496 e. The molecular formula is C27H23ClN2O4. The van der Waals surface area contributed by atoms with Gasteiger partial charge >= 0.3 is 6.03 Å². The van der Waals surface area contributed by atoms with E-state index in [0.29, 0.717) is 28.4 Å². The van der Waals surface area contributed by atoms with Gasteiger partial charge in [0, 0.05) is 11.4 Å². The SMILES string of the molecule is COc1cc(/C=C2\C(=O)NC(=O)N(c3ccc(Cl)cc3)C2=O)ccc1Cc1cc(C)cc(C)c1. The highest BCUT2D eigenvalue weighted by atomic mass is 35.5. The lowest BCUT2D eigenvalue weighted by atomic mass is 9.98. The van der Waals surface area contributed by atoms with Crippen LogP contribution in [0.1, 0.15) is 27.8 Å². The van der Waals surface area contributed by atoms with Crippen molar-refractivity contribution in [2.24, 2.45) is 0 Å². The van der Waals surface area contributed by atoms with Crippen LogP contribution < -0.4 is 15.0 Å². The normalized spacial score (nSPS) is 15.0. The summed E-state index contributed by atoms with van der Waals surface area (Å²) < 4.78 is 5.59. The molecule has 3 aromatic rings. The van der Waals surface area contributed by atoms with Crippen LogP contribution in [0.25, 0.3) is 6.08 Å². The number of urea groups is 1. The zero-order valence-electron chi connectivity index (χ0n) is 19.0. The number of nitrogens with one attached hydrogen (secondary N) is 1. The number of hydrogen-bond acceptors (Lipinski definition) is 4. The van der Waals surface area contributed by atoms with E-state index in [1.165, 1.54) is 34.9 Å². The van der Waals surface area contributed by atoms with Crippen LogP contribution >= 0.6 is 11.6 Å². The number of barbiturate groups is 1. The summed E-state index contributed by atoms with van der Waals surface area (Å²) in [7, 11) is 1.58. The summed E-state index contributed by atoms with van der Waals surface area (Å²) in [6.07, 6.45) is 2.14. The molecule has 172 valence electrons. The number of rotatable bonds is 5. The Kier molecular flexibility index (Phi) is 6.52. The highest BCUT2D eigenvalue weighted by Gasteiger charge is 2.36. The molecule has 6 nitrogen and oxygen atoms in total. The van der Waals surface area contributed by atoms with Crippen molar-refractivity contribution in [1.82, 2.24) is 5.32 Å². The summed E-state index contributed by atoms with van der Waals surface area (Å²) in [5, 5.41) is 2.69. The van der Waals surface area contributed by atoms with Crippen LogP contribution in [-0.2, 0) is 16.0 Å². The fourth-order valence-electron chi connectivity index (χ4n) is 4.04. The first kappa shape index (κ1) is 23.3. The number of ether oxygens (including phenoxy) is 1. The van der Waals surface area contributed by atoms with Crippen LogP contribution in [0, 0.1) is 13.8 Å². The molecule has 1 N–H and O–H groups in total. The van der Waals surface area contributed by atoms with Gasteiger partial charge in [0.25, 0.3) is 11.8 Å². The lowest BCUT2D eigenvalue weighted by Crippen LogP contribution is -2.54. The van der Waals surface area contributed by atoms with Gasteiger partial charge in [-0.1, -0.05) is 53.1 Å². The predicted molar refractivity (Wildman–Crippen MR) is 132 cm³/mol. The molecule has 4 rings (SSSR count). The molecule has 1 heterocycles. The molecule has 0 aromatic heterocycles. The first-order valence-electron chi connectivity index (χ1n) is 10.7. The Morgan fingerprint density at radius 3 is 2.26 bits per heavy atom. The van der Waals surface area contributed by atoms with E-state index < -0.39 is 17.8 Å². The minimum atomic E-state index is -0.809. The average Bonchev–Trinajstić information content (AvgIpc) is 2.78. The Morgan fingerprint density at radius 1 is 0.941 bits per heavy atom. The molecule has 34 heavy (non-hydrogen) atoms. The lowest BCUT2D eigenvalue weighted by Gasteiger charge is -2.26. The van der Waals surface area contributed by atoms with Gasteiger partial charge < -0.3 is 4.74 Å². The van der Waals surface area contributed by atoms with E-state index in [9.17, 15) is 14.4 Å². The van der Waals surface area contributed by atoms with Gasteiger partial charge in [-0.25, -0.2) is 9.69 Å². The summed E-state index contributed by atoms with van der Waals surface area (Å²) >= 11 is 5.91. The molecule has 1 aliphatic rings. The molecule has 0 saturated carbocycles. The fourth-order valence-corrected chi connectivity index (χ4v) is 4.16. The molecule has 1 fully saturated rings. The minimum Gasteiger partial charge on any atom is -0.496 e. The smallest absolute Gasteiger partial charge is 0.335 e. The maximum absolute atomic E-state index is 13.1. The number of methoxy groups -OCH3 is 1. The summed E-state index contributed by atoms with van der Waals surface area (Å²) in [6, 6.07) is 17.3. The van der Waals surface area contributed by atoms with Gasteiger partial charge in [-0.3, -0.25) is 14.9 Å². The molecule has 0 atom stereocenters. The first-order valence-corrected chi connectivity index (χ1v) is 11.0. The van der Waals surface area contributed by atoms with Crippen LogP contribution in [0.2, 0.25) is 5.02 Å². The zero-order chi connectivity index (χ0) is 24.4. The Bertz CT molecular complexity index is 1310. The molecule has 0 unspecified atom stereocenters. The highest BCUT2D eigenvalue weighted by molar-refractivity contribution is 6.39. The quantitative estimate of drug-likeness (QED) is 0.406. The number of amides is 4. The molecule has 0 aliphatic carbocycles. The zero-order valence-corrected chi connectivity index (χ0v) is 19.8. The van der Waals surface area contributed by atoms with Crippen LogP contribution in [0.15, 0.2) is 66.2 Å².